The summed E-state index contributed by atoms with van der Waals surface area (Å²) in [5.41, 5.74) is 5.33. The number of hydrogen-bond donors (Lipinski definition) is 2. The number of alkyl halides is 3. The Balaban J connectivity index is 1.96. The molecule has 0 saturated heterocycles. The van der Waals surface area contributed by atoms with E-state index >= 15 is 0 Å². The second kappa shape index (κ2) is 4.62. The standard InChI is InChI=1S/C12H14F3N5/c13-12(14,15)10-6-9-11(17-4-5-20(9)19-10)18-8-3-1-2-7(8)16/h4-8H,1-3,16H2,(H,17,18). The van der Waals surface area contributed by atoms with E-state index in [0.717, 1.165) is 25.3 Å². The summed E-state index contributed by atoms with van der Waals surface area (Å²) < 4.78 is 39.2. The first-order valence-corrected chi connectivity index (χ1v) is 6.39. The first-order valence-electron chi connectivity index (χ1n) is 6.39. The lowest BCUT2D eigenvalue weighted by Gasteiger charge is -2.18. The van der Waals surface area contributed by atoms with Gasteiger partial charge >= 0.3 is 6.18 Å². The third-order valence-corrected chi connectivity index (χ3v) is 3.57. The highest BCUT2D eigenvalue weighted by molar-refractivity contribution is 5.68. The van der Waals surface area contributed by atoms with Crippen molar-refractivity contribution < 1.29 is 13.2 Å². The van der Waals surface area contributed by atoms with Crippen LogP contribution in [-0.2, 0) is 6.18 Å². The average molecular weight is 285 g/mol. The molecule has 1 saturated carbocycles. The minimum Gasteiger partial charge on any atom is -0.364 e. The van der Waals surface area contributed by atoms with Gasteiger partial charge in [-0.3, -0.25) is 0 Å². The summed E-state index contributed by atoms with van der Waals surface area (Å²) >= 11 is 0. The number of fused-ring (bicyclic) bond motifs is 1. The predicted molar refractivity (Wildman–Crippen MR) is 67.2 cm³/mol. The first-order chi connectivity index (χ1) is 9.45. The summed E-state index contributed by atoms with van der Waals surface area (Å²) in [7, 11) is 0. The summed E-state index contributed by atoms with van der Waals surface area (Å²) in [6.07, 6.45) is 1.16. The second-order valence-corrected chi connectivity index (χ2v) is 4.98. The Morgan fingerprint density at radius 2 is 2.15 bits per heavy atom. The first kappa shape index (κ1) is 13.2. The molecule has 1 fully saturated rings. The van der Waals surface area contributed by atoms with Crippen LogP contribution >= 0.6 is 0 Å². The van der Waals surface area contributed by atoms with Crippen LogP contribution in [0.1, 0.15) is 25.0 Å². The lowest BCUT2D eigenvalue weighted by Crippen LogP contribution is -2.35. The van der Waals surface area contributed by atoms with Gasteiger partial charge in [0.2, 0.25) is 0 Å². The molecule has 0 amide bonds. The molecule has 0 aliphatic heterocycles. The molecule has 2 atom stereocenters. The van der Waals surface area contributed by atoms with E-state index in [4.69, 9.17) is 5.73 Å². The Labute approximate surface area is 113 Å². The van der Waals surface area contributed by atoms with Crippen LogP contribution in [-0.4, -0.2) is 26.7 Å². The SMILES string of the molecule is NC1CCCC1Nc1nccn2nc(C(F)(F)F)cc12. The topological polar surface area (TPSA) is 68.2 Å². The van der Waals surface area contributed by atoms with Gasteiger partial charge in [0.25, 0.3) is 0 Å². The molecular formula is C12H14F3N5. The van der Waals surface area contributed by atoms with Gasteiger partial charge in [-0.05, 0) is 19.3 Å². The number of hydrogen-bond acceptors (Lipinski definition) is 4. The summed E-state index contributed by atoms with van der Waals surface area (Å²) in [4.78, 5) is 4.11. The number of rotatable bonds is 2. The molecule has 2 aromatic heterocycles. The molecule has 20 heavy (non-hydrogen) atoms. The van der Waals surface area contributed by atoms with Crippen LogP contribution in [0.4, 0.5) is 19.0 Å². The molecule has 5 nitrogen and oxygen atoms in total. The van der Waals surface area contributed by atoms with Crippen LogP contribution in [0.25, 0.3) is 5.52 Å². The van der Waals surface area contributed by atoms with Crippen molar-refractivity contribution in [3.05, 3.63) is 24.2 Å². The molecule has 0 spiro atoms. The number of nitrogens with zero attached hydrogens (tertiary/aromatic N) is 3. The van der Waals surface area contributed by atoms with E-state index in [2.05, 4.69) is 15.4 Å². The maximum absolute atomic E-state index is 12.7. The van der Waals surface area contributed by atoms with Gasteiger partial charge in [-0.25, -0.2) is 9.50 Å². The normalized spacial score (nSPS) is 23.4. The summed E-state index contributed by atoms with van der Waals surface area (Å²) in [6, 6.07) is 1.04. The van der Waals surface area contributed by atoms with Gasteiger partial charge in [0.05, 0.1) is 0 Å². The van der Waals surface area contributed by atoms with Crippen LogP contribution in [0.3, 0.4) is 0 Å². The summed E-state index contributed by atoms with van der Waals surface area (Å²) in [5, 5.41) is 6.65. The Hall–Kier alpha value is -1.83. The van der Waals surface area contributed by atoms with Crippen LogP contribution in [0.5, 0.6) is 0 Å². The molecule has 1 aliphatic rings. The lowest BCUT2D eigenvalue weighted by atomic mass is 10.2. The maximum atomic E-state index is 12.7. The van der Waals surface area contributed by atoms with Crippen LogP contribution in [0, 0.1) is 0 Å². The van der Waals surface area contributed by atoms with Crippen molar-refractivity contribution in [3.63, 3.8) is 0 Å². The summed E-state index contributed by atoms with van der Waals surface area (Å²) in [5.74, 6) is 0.387. The van der Waals surface area contributed by atoms with Crippen molar-refractivity contribution in [2.75, 3.05) is 5.32 Å². The van der Waals surface area contributed by atoms with E-state index in [0.29, 0.717) is 11.3 Å². The van der Waals surface area contributed by atoms with Gasteiger partial charge in [0.1, 0.15) is 5.52 Å². The maximum Gasteiger partial charge on any atom is 0.435 e. The smallest absolute Gasteiger partial charge is 0.364 e. The molecule has 0 radical (unpaired) electrons. The Bertz CT molecular complexity index is 621. The Morgan fingerprint density at radius 1 is 1.35 bits per heavy atom. The average Bonchev–Trinajstić information content (AvgIpc) is 2.96. The zero-order chi connectivity index (χ0) is 14.3. The highest BCUT2D eigenvalue weighted by atomic mass is 19.4. The molecule has 2 heterocycles. The molecular weight excluding hydrogens is 271 g/mol. The quantitative estimate of drug-likeness (QED) is 0.886. The number of aromatic nitrogens is 3. The van der Waals surface area contributed by atoms with Crippen molar-refractivity contribution in [1.82, 2.24) is 14.6 Å². The van der Waals surface area contributed by atoms with Crippen molar-refractivity contribution in [3.8, 4) is 0 Å². The predicted octanol–water partition coefficient (Wildman–Crippen LogP) is 2.04. The highest BCUT2D eigenvalue weighted by Crippen LogP contribution is 2.30. The second-order valence-electron chi connectivity index (χ2n) is 4.98. The fraction of sp³-hybridized carbons (Fsp3) is 0.500. The third kappa shape index (κ3) is 2.31. The van der Waals surface area contributed by atoms with Gasteiger partial charge in [0.15, 0.2) is 11.5 Å². The molecule has 2 aromatic rings. The van der Waals surface area contributed by atoms with E-state index in [1.807, 2.05) is 0 Å². The van der Waals surface area contributed by atoms with Gasteiger partial charge < -0.3 is 11.1 Å². The number of anilines is 1. The van der Waals surface area contributed by atoms with Gasteiger partial charge in [0, 0.05) is 30.5 Å². The number of nitrogens with one attached hydrogen (secondary N) is 1. The van der Waals surface area contributed by atoms with Crippen molar-refractivity contribution in [2.24, 2.45) is 5.73 Å². The third-order valence-electron chi connectivity index (χ3n) is 3.57. The highest BCUT2D eigenvalue weighted by Gasteiger charge is 2.34. The van der Waals surface area contributed by atoms with E-state index in [-0.39, 0.29) is 12.1 Å². The van der Waals surface area contributed by atoms with E-state index < -0.39 is 11.9 Å². The lowest BCUT2D eigenvalue weighted by molar-refractivity contribution is -0.141. The molecule has 1 aliphatic carbocycles. The summed E-state index contributed by atoms with van der Waals surface area (Å²) in [6.45, 7) is 0. The van der Waals surface area contributed by atoms with E-state index in [1.165, 1.54) is 16.9 Å². The number of nitrogens with two attached hydrogens (primary N) is 1. The van der Waals surface area contributed by atoms with Gasteiger partial charge in [-0.1, -0.05) is 0 Å². The fourth-order valence-electron chi connectivity index (χ4n) is 2.52. The number of halogens is 3. The van der Waals surface area contributed by atoms with E-state index in [9.17, 15) is 13.2 Å². The van der Waals surface area contributed by atoms with Crippen molar-refractivity contribution >= 4 is 11.3 Å². The van der Waals surface area contributed by atoms with Gasteiger partial charge in [-0.2, -0.15) is 18.3 Å². The fourth-order valence-corrected chi connectivity index (χ4v) is 2.52. The molecule has 8 heteroatoms. The van der Waals surface area contributed by atoms with Crippen molar-refractivity contribution in [2.45, 2.75) is 37.5 Å². The minimum atomic E-state index is -4.47. The molecule has 3 N–H and O–H groups in total. The zero-order valence-corrected chi connectivity index (χ0v) is 10.6. The Morgan fingerprint density at radius 3 is 2.80 bits per heavy atom. The monoisotopic (exact) mass is 285 g/mol. The molecule has 108 valence electrons. The van der Waals surface area contributed by atoms with E-state index in [1.54, 1.807) is 0 Å². The molecule has 3 rings (SSSR count). The van der Waals surface area contributed by atoms with Crippen LogP contribution in [0.2, 0.25) is 0 Å². The van der Waals surface area contributed by atoms with Crippen LogP contribution < -0.4 is 11.1 Å². The minimum absolute atomic E-state index is 0.00191. The van der Waals surface area contributed by atoms with Crippen molar-refractivity contribution in [1.29, 1.82) is 0 Å². The largest absolute Gasteiger partial charge is 0.435 e. The molecule has 2 unspecified atom stereocenters. The zero-order valence-electron chi connectivity index (χ0n) is 10.6. The molecule has 0 aromatic carbocycles. The van der Waals surface area contributed by atoms with Crippen LogP contribution in [0.15, 0.2) is 18.5 Å². The Kier molecular flexibility index (Phi) is 3.04. The van der Waals surface area contributed by atoms with Gasteiger partial charge in [-0.15, -0.1) is 0 Å². The molecule has 0 bridgehead atoms.